The van der Waals surface area contributed by atoms with Gasteiger partial charge in [-0.05, 0) is 49.7 Å². The minimum absolute atomic E-state index is 0.116. The van der Waals surface area contributed by atoms with Gasteiger partial charge in [0, 0.05) is 5.75 Å². The molecule has 0 bridgehead atoms. The lowest BCUT2D eigenvalue weighted by atomic mass is 10.1. The van der Waals surface area contributed by atoms with Crippen molar-refractivity contribution in [2.75, 3.05) is 0 Å². The van der Waals surface area contributed by atoms with Crippen molar-refractivity contribution in [3.05, 3.63) is 106 Å². The van der Waals surface area contributed by atoms with Crippen LogP contribution < -0.4 is 5.56 Å². The molecule has 0 aliphatic carbocycles. The fourth-order valence-electron chi connectivity index (χ4n) is 4.23. The minimum atomic E-state index is -0.116. The summed E-state index contributed by atoms with van der Waals surface area (Å²) in [7, 11) is 0. The maximum atomic E-state index is 13.6. The summed E-state index contributed by atoms with van der Waals surface area (Å²) in [5.41, 5.74) is 5.31. The smallest absolute Gasteiger partial charge is 0.267 e. The number of thioether (sulfide) groups is 1. The predicted octanol–water partition coefficient (Wildman–Crippen LogP) is 4.52. The van der Waals surface area contributed by atoms with Gasteiger partial charge in [-0.1, -0.05) is 59.8 Å². The van der Waals surface area contributed by atoms with Gasteiger partial charge in [-0.3, -0.25) is 9.20 Å². The van der Waals surface area contributed by atoms with Crippen molar-refractivity contribution in [1.82, 2.24) is 34.2 Å². The van der Waals surface area contributed by atoms with Gasteiger partial charge in [-0.2, -0.15) is 15.0 Å². The summed E-state index contributed by atoms with van der Waals surface area (Å²) in [6.07, 6.45) is 1.76. The predicted molar refractivity (Wildman–Crippen MR) is 136 cm³/mol. The van der Waals surface area contributed by atoms with Gasteiger partial charge in [-0.25, -0.2) is 4.57 Å². The molecular weight excluding hydrogens is 458 g/mol. The van der Waals surface area contributed by atoms with E-state index in [0.717, 1.165) is 33.7 Å². The molecular formula is C26H21N7OS. The van der Waals surface area contributed by atoms with Gasteiger partial charge in [0.05, 0.1) is 34.2 Å². The number of hydrogen-bond acceptors (Lipinski definition) is 6. The highest BCUT2D eigenvalue weighted by Crippen LogP contribution is 2.26. The maximum Gasteiger partial charge on any atom is 0.267 e. The van der Waals surface area contributed by atoms with Gasteiger partial charge in [0.25, 0.3) is 5.56 Å². The van der Waals surface area contributed by atoms with Gasteiger partial charge in [0.1, 0.15) is 0 Å². The number of aromatic nitrogens is 7. The second-order valence-corrected chi connectivity index (χ2v) is 9.26. The summed E-state index contributed by atoms with van der Waals surface area (Å²) in [5, 5.41) is 19.2. The Bertz CT molecular complexity index is 1750. The molecule has 0 aliphatic rings. The molecule has 35 heavy (non-hydrogen) atoms. The molecule has 6 rings (SSSR count). The van der Waals surface area contributed by atoms with E-state index in [2.05, 4.69) is 26.5 Å². The topological polar surface area (TPSA) is 82.9 Å². The zero-order valence-corrected chi connectivity index (χ0v) is 20.0. The van der Waals surface area contributed by atoms with E-state index >= 15 is 0 Å². The van der Waals surface area contributed by atoms with Gasteiger partial charge >= 0.3 is 0 Å². The first kappa shape index (κ1) is 21.3. The highest BCUT2D eigenvalue weighted by atomic mass is 32.2. The molecule has 3 heterocycles. The van der Waals surface area contributed by atoms with Crippen LogP contribution in [0.4, 0.5) is 0 Å². The van der Waals surface area contributed by atoms with Crippen molar-refractivity contribution in [3.63, 3.8) is 0 Å². The summed E-state index contributed by atoms with van der Waals surface area (Å²) in [4.78, 5) is 15.2. The molecule has 3 aromatic heterocycles. The zero-order valence-electron chi connectivity index (χ0n) is 19.2. The van der Waals surface area contributed by atoms with E-state index in [1.807, 2.05) is 85.0 Å². The highest BCUT2D eigenvalue weighted by Gasteiger charge is 2.19. The van der Waals surface area contributed by atoms with Crippen LogP contribution in [0, 0.1) is 13.8 Å². The van der Waals surface area contributed by atoms with Crippen LogP contribution in [0.1, 0.15) is 16.8 Å². The number of rotatable bonds is 5. The molecule has 0 N–H and O–H groups in total. The van der Waals surface area contributed by atoms with E-state index in [0.29, 0.717) is 22.1 Å². The van der Waals surface area contributed by atoms with Gasteiger partial charge in [0.2, 0.25) is 5.78 Å². The lowest BCUT2D eigenvalue weighted by Gasteiger charge is -2.13. The van der Waals surface area contributed by atoms with E-state index in [9.17, 15) is 4.79 Å². The Balaban J connectivity index is 1.45. The van der Waals surface area contributed by atoms with E-state index in [1.165, 1.54) is 11.8 Å². The highest BCUT2D eigenvalue weighted by molar-refractivity contribution is 7.98. The van der Waals surface area contributed by atoms with E-state index in [4.69, 9.17) is 0 Å². The zero-order chi connectivity index (χ0) is 23.9. The monoisotopic (exact) mass is 479 g/mol. The molecule has 0 fully saturated rings. The molecule has 3 aromatic carbocycles. The van der Waals surface area contributed by atoms with Crippen molar-refractivity contribution < 1.29 is 0 Å². The standard InChI is InChI=1S/C26H21N7OS/c1-17-12-13-22(18(2)14-17)31-24(34)21-10-6-7-11-23(21)32-25(31)28-29-26(32)35-16-19-15-27-33(30-19)20-8-4-3-5-9-20/h3-15H,16H2,1-2H3. The third kappa shape index (κ3) is 3.70. The van der Waals surface area contributed by atoms with Crippen LogP contribution in [0.5, 0.6) is 0 Å². The lowest BCUT2D eigenvalue weighted by molar-refractivity contribution is 0.744. The van der Waals surface area contributed by atoms with Crippen LogP contribution >= 0.6 is 11.8 Å². The van der Waals surface area contributed by atoms with Crippen LogP contribution in [0.25, 0.3) is 28.1 Å². The average molecular weight is 480 g/mol. The average Bonchev–Trinajstić information content (AvgIpc) is 3.52. The molecule has 6 aromatic rings. The first-order valence-electron chi connectivity index (χ1n) is 11.2. The quantitative estimate of drug-likeness (QED) is 0.338. The molecule has 0 aliphatic heterocycles. The molecule has 9 heteroatoms. The second-order valence-electron chi connectivity index (χ2n) is 8.32. The summed E-state index contributed by atoms with van der Waals surface area (Å²) in [6, 6.07) is 23.4. The van der Waals surface area contributed by atoms with Crippen molar-refractivity contribution in [3.8, 4) is 11.4 Å². The number of aryl methyl sites for hydroxylation is 2. The second kappa shape index (κ2) is 8.52. The molecule has 0 radical (unpaired) electrons. The molecule has 172 valence electrons. The Morgan fingerprint density at radius 3 is 2.54 bits per heavy atom. The van der Waals surface area contributed by atoms with Crippen molar-refractivity contribution in [2.45, 2.75) is 24.8 Å². The summed E-state index contributed by atoms with van der Waals surface area (Å²) in [6.45, 7) is 4.04. The molecule has 0 amide bonds. The van der Waals surface area contributed by atoms with Crippen molar-refractivity contribution in [2.24, 2.45) is 0 Å². The Hall–Kier alpha value is -4.24. The van der Waals surface area contributed by atoms with E-state index in [-0.39, 0.29) is 5.56 Å². The summed E-state index contributed by atoms with van der Waals surface area (Å²) in [5.74, 6) is 1.04. The van der Waals surface area contributed by atoms with Crippen LogP contribution in [-0.4, -0.2) is 34.2 Å². The van der Waals surface area contributed by atoms with Crippen LogP contribution in [0.2, 0.25) is 0 Å². The first-order valence-corrected chi connectivity index (χ1v) is 12.1. The molecule has 0 atom stereocenters. The van der Waals surface area contributed by atoms with Crippen LogP contribution in [-0.2, 0) is 5.75 Å². The summed E-state index contributed by atoms with van der Waals surface area (Å²) >= 11 is 1.51. The number of benzene rings is 3. The van der Waals surface area contributed by atoms with Gasteiger partial charge in [-0.15, -0.1) is 10.2 Å². The molecule has 0 unspecified atom stereocenters. The fourth-order valence-corrected chi connectivity index (χ4v) is 5.05. The minimum Gasteiger partial charge on any atom is -0.268 e. The number of para-hydroxylation sites is 2. The van der Waals surface area contributed by atoms with E-state index < -0.39 is 0 Å². The fraction of sp³-hybridized carbons (Fsp3) is 0.115. The van der Waals surface area contributed by atoms with Gasteiger partial charge in [0.15, 0.2) is 5.16 Å². The lowest BCUT2D eigenvalue weighted by Crippen LogP contribution is -2.22. The number of hydrogen-bond donors (Lipinski definition) is 0. The largest absolute Gasteiger partial charge is 0.268 e. The third-order valence-corrected chi connectivity index (χ3v) is 6.83. The van der Waals surface area contributed by atoms with Crippen LogP contribution in [0.3, 0.4) is 0 Å². The van der Waals surface area contributed by atoms with Gasteiger partial charge < -0.3 is 0 Å². The SMILES string of the molecule is Cc1ccc(-n2c(=O)c3ccccc3n3c(SCc4cnn(-c5ccccc5)n4)nnc23)c(C)c1. The Kier molecular flexibility index (Phi) is 5.18. The molecule has 8 nitrogen and oxygen atoms in total. The first-order chi connectivity index (χ1) is 17.1. The van der Waals surface area contributed by atoms with E-state index in [1.54, 1.807) is 15.6 Å². The summed E-state index contributed by atoms with van der Waals surface area (Å²) < 4.78 is 3.60. The molecule has 0 spiro atoms. The number of nitrogens with zero attached hydrogens (tertiary/aromatic N) is 7. The molecule has 0 saturated carbocycles. The number of fused-ring (bicyclic) bond motifs is 3. The Morgan fingerprint density at radius 1 is 0.914 bits per heavy atom. The third-order valence-electron chi connectivity index (χ3n) is 5.86. The normalized spacial score (nSPS) is 11.5. The Labute approximate surface area is 204 Å². The van der Waals surface area contributed by atoms with Crippen molar-refractivity contribution in [1.29, 1.82) is 0 Å². The van der Waals surface area contributed by atoms with Crippen LogP contribution in [0.15, 0.2) is 88.9 Å². The Morgan fingerprint density at radius 2 is 1.71 bits per heavy atom. The maximum absolute atomic E-state index is 13.6. The molecule has 0 saturated heterocycles. The van der Waals surface area contributed by atoms with Crippen molar-refractivity contribution >= 4 is 28.4 Å².